The van der Waals surface area contributed by atoms with E-state index in [0.29, 0.717) is 18.6 Å². The summed E-state index contributed by atoms with van der Waals surface area (Å²) in [6.45, 7) is 6.95. The highest BCUT2D eigenvalue weighted by Gasteiger charge is 2.24. The van der Waals surface area contributed by atoms with Crippen molar-refractivity contribution >= 4 is 0 Å². The standard InChI is InChI=1S/C10H18N2O/c1-3-10-8-13-9(2)7-12(10)6-4-5-11/h9-10H,3-4,6-8H2,1-2H3. The van der Waals surface area contributed by atoms with Gasteiger partial charge in [-0.25, -0.2) is 0 Å². The molecule has 0 radical (unpaired) electrons. The molecule has 0 aromatic rings. The Morgan fingerprint density at radius 1 is 1.62 bits per heavy atom. The van der Waals surface area contributed by atoms with E-state index in [2.05, 4.69) is 24.8 Å². The molecule has 13 heavy (non-hydrogen) atoms. The van der Waals surface area contributed by atoms with Gasteiger partial charge in [0.2, 0.25) is 0 Å². The zero-order valence-corrected chi connectivity index (χ0v) is 8.49. The summed E-state index contributed by atoms with van der Waals surface area (Å²) in [7, 11) is 0. The van der Waals surface area contributed by atoms with Crippen molar-refractivity contribution in [3.05, 3.63) is 0 Å². The number of hydrogen-bond acceptors (Lipinski definition) is 3. The number of ether oxygens (including phenoxy) is 1. The molecule has 0 spiro atoms. The Labute approximate surface area is 80.3 Å². The van der Waals surface area contributed by atoms with Gasteiger partial charge in [0, 0.05) is 25.6 Å². The Bertz CT molecular complexity index is 188. The summed E-state index contributed by atoms with van der Waals surface area (Å²) in [5.41, 5.74) is 0. The second kappa shape index (κ2) is 5.21. The van der Waals surface area contributed by atoms with Gasteiger partial charge >= 0.3 is 0 Å². The van der Waals surface area contributed by atoms with Crippen molar-refractivity contribution in [2.75, 3.05) is 19.7 Å². The van der Waals surface area contributed by atoms with Gasteiger partial charge in [0.25, 0.3) is 0 Å². The molecule has 1 rings (SSSR count). The molecule has 3 heteroatoms. The Kier molecular flexibility index (Phi) is 4.20. The van der Waals surface area contributed by atoms with Crippen LogP contribution in [0.2, 0.25) is 0 Å². The Morgan fingerprint density at radius 3 is 3.00 bits per heavy atom. The lowest BCUT2D eigenvalue weighted by Gasteiger charge is -2.37. The third-order valence-electron chi connectivity index (χ3n) is 2.56. The molecule has 0 aromatic carbocycles. The molecule has 0 bridgehead atoms. The largest absolute Gasteiger partial charge is 0.376 e. The third-order valence-corrected chi connectivity index (χ3v) is 2.56. The predicted molar refractivity (Wildman–Crippen MR) is 51.3 cm³/mol. The van der Waals surface area contributed by atoms with Crippen molar-refractivity contribution in [2.45, 2.75) is 38.8 Å². The van der Waals surface area contributed by atoms with Crippen molar-refractivity contribution < 1.29 is 4.74 Å². The molecule has 0 saturated carbocycles. The normalized spacial score (nSPS) is 29.9. The Hall–Kier alpha value is -0.590. The summed E-state index contributed by atoms with van der Waals surface area (Å²) in [5, 5.41) is 8.51. The molecule has 0 amide bonds. The maximum atomic E-state index is 8.51. The molecule has 0 N–H and O–H groups in total. The van der Waals surface area contributed by atoms with Gasteiger partial charge in [-0.3, -0.25) is 4.90 Å². The highest BCUT2D eigenvalue weighted by atomic mass is 16.5. The van der Waals surface area contributed by atoms with E-state index in [1.807, 2.05) is 0 Å². The molecule has 74 valence electrons. The van der Waals surface area contributed by atoms with Crippen LogP contribution in [0.1, 0.15) is 26.7 Å². The highest BCUT2D eigenvalue weighted by molar-refractivity contribution is 4.81. The minimum Gasteiger partial charge on any atom is -0.376 e. The van der Waals surface area contributed by atoms with Gasteiger partial charge in [-0.05, 0) is 13.3 Å². The van der Waals surface area contributed by atoms with E-state index >= 15 is 0 Å². The van der Waals surface area contributed by atoms with Gasteiger partial charge in [-0.1, -0.05) is 6.92 Å². The minimum atomic E-state index is 0.321. The number of nitriles is 1. The van der Waals surface area contributed by atoms with Crippen LogP contribution in [0.25, 0.3) is 0 Å². The predicted octanol–water partition coefficient (Wildman–Crippen LogP) is 1.40. The highest BCUT2D eigenvalue weighted by Crippen LogP contribution is 2.14. The summed E-state index contributed by atoms with van der Waals surface area (Å²) in [4.78, 5) is 2.37. The van der Waals surface area contributed by atoms with Gasteiger partial charge in [-0.15, -0.1) is 0 Å². The van der Waals surface area contributed by atoms with E-state index in [9.17, 15) is 0 Å². The molecule has 1 heterocycles. The summed E-state index contributed by atoms with van der Waals surface area (Å²) in [6, 6.07) is 2.71. The minimum absolute atomic E-state index is 0.321. The molecule has 2 unspecified atom stereocenters. The van der Waals surface area contributed by atoms with Crippen LogP contribution in [0.4, 0.5) is 0 Å². The average molecular weight is 182 g/mol. The van der Waals surface area contributed by atoms with Gasteiger partial charge in [0.1, 0.15) is 0 Å². The zero-order valence-electron chi connectivity index (χ0n) is 8.49. The van der Waals surface area contributed by atoms with Crippen molar-refractivity contribution in [2.24, 2.45) is 0 Å². The van der Waals surface area contributed by atoms with Gasteiger partial charge < -0.3 is 4.74 Å². The van der Waals surface area contributed by atoms with E-state index in [4.69, 9.17) is 10.00 Å². The molecular formula is C10H18N2O. The van der Waals surface area contributed by atoms with Gasteiger partial charge in [0.15, 0.2) is 0 Å². The van der Waals surface area contributed by atoms with Crippen molar-refractivity contribution in [1.29, 1.82) is 5.26 Å². The number of hydrogen-bond donors (Lipinski definition) is 0. The van der Waals surface area contributed by atoms with Crippen LogP contribution in [-0.4, -0.2) is 36.7 Å². The van der Waals surface area contributed by atoms with Crippen LogP contribution < -0.4 is 0 Å². The van der Waals surface area contributed by atoms with Gasteiger partial charge in [-0.2, -0.15) is 5.26 Å². The molecular weight excluding hydrogens is 164 g/mol. The van der Waals surface area contributed by atoms with Crippen LogP contribution in [-0.2, 0) is 4.74 Å². The number of rotatable bonds is 3. The first-order chi connectivity index (χ1) is 6.27. The van der Waals surface area contributed by atoms with Crippen LogP contribution in [0, 0.1) is 11.3 Å². The molecule has 1 saturated heterocycles. The van der Waals surface area contributed by atoms with E-state index < -0.39 is 0 Å². The molecule has 2 atom stereocenters. The number of morpholine rings is 1. The fourth-order valence-corrected chi connectivity index (χ4v) is 1.76. The van der Waals surface area contributed by atoms with E-state index in [1.54, 1.807) is 0 Å². The van der Waals surface area contributed by atoms with E-state index in [0.717, 1.165) is 26.1 Å². The summed E-state index contributed by atoms with van der Waals surface area (Å²) in [6.07, 6.45) is 2.06. The van der Waals surface area contributed by atoms with Crippen molar-refractivity contribution in [1.82, 2.24) is 4.90 Å². The topological polar surface area (TPSA) is 36.3 Å². The van der Waals surface area contributed by atoms with E-state index in [-0.39, 0.29) is 0 Å². The lowest BCUT2D eigenvalue weighted by atomic mass is 10.1. The molecule has 3 nitrogen and oxygen atoms in total. The molecule has 1 aliphatic rings. The quantitative estimate of drug-likeness (QED) is 0.662. The average Bonchev–Trinajstić information content (AvgIpc) is 2.15. The first-order valence-corrected chi connectivity index (χ1v) is 5.00. The second-order valence-corrected chi connectivity index (χ2v) is 3.61. The molecule has 0 aromatic heterocycles. The maximum absolute atomic E-state index is 8.51. The zero-order chi connectivity index (χ0) is 9.68. The first-order valence-electron chi connectivity index (χ1n) is 5.00. The molecule has 1 aliphatic heterocycles. The summed E-state index contributed by atoms with van der Waals surface area (Å²) < 4.78 is 5.57. The van der Waals surface area contributed by atoms with Crippen LogP contribution in [0.5, 0.6) is 0 Å². The van der Waals surface area contributed by atoms with Crippen molar-refractivity contribution in [3.63, 3.8) is 0 Å². The Balaban J connectivity index is 2.41. The fraction of sp³-hybridized carbons (Fsp3) is 0.900. The molecule has 0 aliphatic carbocycles. The van der Waals surface area contributed by atoms with Crippen LogP contribution in [0.3, 0.4) is 0 Å². The second-order valence-electron chi connectivity index (χ2n) is 3.61. The molecule has 1 fully saturated rings. The van der Waals surface area contributed by atoms with Crippen molar-refractivity contribution in [3.8, 4) is 6.07 Å². The monoisotopic (exact) mass is 182 g/mol. The third kappa shape index (κ3) is 2.98. The lowest BCUT2D eigenvalue weighted by Crippen LogP contribution is -2.48. The van der Waals surface area contributed by atoms with Crippen LogP contribution >= 0.6 is 0 Å². The van der Waals surface area contributed by atoms with E-state index in [1.165, 1.54) is 0 Å². The number of nitrogens with zero attached hydrogens (tertiary/aromatic N) is 2. The Morgan fingerprint density at radius 2 is 2.38 bits per heavy atom. The van der Waals surface area contributed by atoms with Gasteiger partial charge in [0.05, 0.1) is 18.8 Å². The van der Waals surface area contributed by atoms with Crippen LogP contribution in [0.15, 0.2) is 0 Å². The first kappa shape index (κ1) is 10.5. The summed E-state index contributed by atoms with van der Waals surface area (Å²) >= 11 is 0. The lowest BCUT2D eigenvalue weighted by molar-refractivity contribution is -0.0548. The fourth-order valence-electron chi connectivity index (χ4n) is 1.76. The SMILES string of the molecule is CCC1COC(C)CN1CCC#N. The summed E-state index contributed by atoms with van der Waals surface area (Å²) in [5.74, 6) is 0. The maximum Gasteiger partial charge on any atom is 0.0674 e. The smallest absolute Gasteiger partial charge is 0.0674 e.